The predicted molar refractivity (Wildman–Crippen MR) is 67.3 cm³/mol. The highest BCUT2D eigenvalue weighted by molar-refractivity contribution is 5.73. The topological polar surface area (TPSA) is 46.5 Å². The van der Waals surface area contributed by atoms with Crippen LogP contribution in [0.3, 0.4) is 0 Å². The lowest BCUT2D eigenvalue weighted by atomic mass is 9.97. The number of aliphatic carboxylic acids is 1. The van der Waals surface area contributed by atoms with Crippen LogP contribution >= 0.6 is 0 Å². The first-order valence-electron chi connectivity index (χ1n) is 5.85. The number of rotatable bonds is 5. The molecule has 0 amide bonds. The lowest BCUT2D eigenvalue weighted by Crippen LogP contribution is -2.29. The molecule has 0 aromatic heterocycles. The highest BCUT2D eigenvalue weighted by Gasteiger charge is 2.21. The normalized spacial score (nSPS) is 12.8. The average Bonchev–Trinajstić information content (AvgIpc) is 2.21. The minimum atomic E-state index is -0.902. The number of carbonyl (C=O) groups is 1. The number of carboxylic acid groups (broad SMARTS) is 1. The van der Waals surface area contributed by atoms with Gasteiger partial charge < -0.3 is 9.84 Å². The summed E-state index contributed by atoms with van der Waals surface area (Å²) in [6.07, 6.45) is -0.429. The van der Waals surface area contributed by atoms with Crippen molar-refractivity contribution in [1.82, 2.24) is 0 Å². The molecular formula is C14H20O3. The summed E-state index contributed by atoms with van der Waals surface area (Å²) in [5, 5.41) is 9.14. The van der Waals surface area contributed by atoms with E-state index in [1.165, 1.54) is 0 Å². The van der Waals surface area contributed by atoms with E-state index in [1.807, 2.05) is 45.9 Å². The van der Waals surface area contributed by atoms with Crippen molar-refractivity contribution in [2.45, 2.75) is 46.3 Å². The number of benzene rings is 1. The summed E-state index contributed by atoms with van der Waals surface area (Å²) in [6.45, 7) is 7.69. The quantitative estimate of drug-likeness (QED) is 0.855. The molecule has 0 bridgehead atoms. The van der Waals surface area contributed by atoms with E-state index in [-0.39, 0.29) is 6.10 Å². The third kappa shape index (κ3) is 3.86. The molecule has 1 aromatic carbocycles. The zero-order valence-corrected chi connectivity index (χ0v) is 10.9. The maximum Gasteiger partial charge on any atom is 0.333 e. The third-order valence-electron chi connectivity index (χ3n) is 2.75. The van der Waals surface area contributed by atoms with Crippen molar-refractivity contribution in [2.75, 3.05) is 0 Å². The third-order valence-corrected chi connectivity index (χ3v) is 2.75. The van der Waals surface area contributed by atoms with Crippen LogP contribution in [0.2, 0.25) is 0 Å². The molecule has 1 rings (SSSR count). The van der Waals surface area contributed by atoms with Gasteiger partial charge in [0.15, 0.2) is 6.10 Å². The molecule has 17 heavy (non-hydrogen) atoms. The van der Waals surface area contributed by atoms with Crippen molar-refractivity contribution in [3.8, 4) is 0 Å². The molecule has 0 heterocycles. The van der Waals surface area contributed by atoms with E-state index in [2.05, 4.69) is 0 Å². The molecule has 94 valence electrons. The van der Waals surface area contributed by atoms with Crippen LogP contribution in [-0.4, -0.2) is 23.3 Å². The Bertz CT molecular complexity index is 376. The molecule has 0 aliphatic carbocycles. The van der Waals surface area contributed by atoms with Crippen LogP contribution in [0.25, 0.3) is 0 Å². The molecule has 3 nitrogen and oxygen atoms in total. The Morgan fingerprint density at radius 3 is 2.24 bits per heavy atom. The van der Waals surface area contributed by atoms with Crippen molar-refractivity contribution >= 4 is 5.97 Å². The number of hydrogen-bond acceptors (Lipinski definition) is 2. The van der Waals surface area contributed by atoms with E-state index in [0.717, 1.165) is 16.7 Å². The number of aryl methyl sites for hydroxylation is 2. The summed E-state index contributed by atoms with van der Waals surface area (Å²) in [4.78, 5) is 11.1. The second kappa shape index (κ2) is 5.82. The lowest BCUT2D eigenvalue weighted by Gasteiger charge is -2.18. The Hall–Kier alpha value is -1.35. The predicted octanol–water partition coefficient (Wildman–Crippen LogP) is 2.72. The Morgan fingerprint density at radius 2 is 1.82 bits per heavy atom. The highest BCUT2D eigenvalue weighted by atomic mass is 16.5. The smallest absolute Gasteiger partial charge is 0.333 e. The van der Waals surface area contributed by atoms with E-state index in [9.17, 15) is 4.79 Å². The van der Waals surface area contributed by atoms with Crippen LogP contribution in [0.5, 0.6) is 0 Å². The fourth-order valence-corrected chi connectivity index (χ4v) is 1.88. The number of hydrogen-bond donors (Lipinski definition) is 1. The minimum absolute atomic E-state index is 0.0829. The molecular weight excluding hydrogens is 216 g/mol. The Balaban J connectivity index is 2.90. The van der Waals surface area contributed by atoms with Crippen molar-refractivity contribution in [3.63, 3.8) is 0 Å². The van der Waals surface area contributed by atoms with Gasteiger partial charge in [-0.25, -0.2) is 4.79 Å². The van der Waals surface area contributed by atoms with Crippen LogP contribution in [0.15, 0.2) is 18.2 Å². The Morgan fingerprint density at radius 1 is 1.29 bits per heavy atom. The minimum Gasteiger partial charge on any atom is -0.479 e. The van der Waals surface area contributed by atoms with Gasteiger partial charge in [-0.1, -0.05) is 18.2 Å². The van der Waals surface area contributed by atoms with Gasteiger partial charge in [0.25, 0.3) is 0 Å². The zero-order valence-electron chi connectivity index (χ0n) is 10.9. The molecule has 0 radical (unpaired) electrons. The van der Waals surface area contributed by atoms with Gasteiger partial charge in [-0.2, -0.15) is 0 Å². The molecule has 0 saturated heterocycles. The van der Waals surface area contributed by atoms with Crippen LogP contribution in [0.1, 0.15) is 30.5 Å². The first-order valence-corrected chi connectivity index (χ1v) is 5.85. The zero-order chi connectivity index (χ0) is 13.0. The molecule has 0 aliphatic heterocycles. The molecule has 0 spiro atoms. The standard InChI is InChI=1S/C14H20O3/c1-9(2)17-13(14(15)16)8-12-10(3)6-5-7-11(12)4/h5-7,9,13H,8H2,1-4H3,(H,15,16)/t13-/m0/s1. The largest absolute Gasteiger partial charge is 0.479 e. The van der Waals surface area contributed by atoms with Gasteiger partial charge in [0, 0.05) is 6.42 Å². The summed E-state index contributed by atoms with van der Waals surface area (Å²) < 4.78 is 5.43. The van der Waals surface area contributed by atoms with Gasteiger partial charge >= 0.3 is 5.97 Å². The Kier molecular flexibility index (Phi) is 4.70. The molecule has 1 N–H and O–H groups in total. The summed E-state index contributed by atoms with van der Waals surface area (Å²) in [7, 11) is 0. The van der Waals surface area contributed by atoms with Crippen molar-refractivity contribution < 1.29 is 14.6 Å². The fourth-order valence-electron chi connectivity index (χ4n) is 1.88. The van der Waals surface area contributed by atoms with Gasteiger partial charge in [0.2, 0.25) is 0 Å². The van der Waals surface area contributed by atoms with Gasteiger partial charge in [-0.15, -0.1) is 0 Å². The first kappa shape index (κ1) is 13.7. The monoisotopic (exact) mass is 236 g/mol. The summed E-state index contributed by atoms with van der Waals surface area (Å²) in [5.74, 6) is -0.902. The van der Waals surface area contributed by atoms with Crippen molar-refractivity contribution in [3.05, 3.63) is 34.9 Å². The van der Waals surface area contributed by atoms with Gasteiger partial charge in [-0.05, 0) is 44.4 Å². The van der Waals surface area contributed by atoms with Crippen LogP contribution in [0, 0.1) is 13.8 Å². The van der Waals surface area contributed by atoms with Crippen LogP contribution < -0.4 is 0 Å². The first-order chi connectivity index (χ1) is 7.91. The summed E-state index contributed by atoms with van der Waals surface area (Å²) in [6, 6.07) is 5.97. The SMILES string of the molecule is Cc1cccc(C)c1C[C@H](OC(C)C)C(=O)O. The van der Waals surface area contributed by atoms with E-state index in [4.69, 9.17) is 9.84 Å². The second-order valence-corrected chi connectivity index (χ2v) is 4.59. The fraction of sp³-hybridized carbons (Fsp3) is 0.500. The Labute approximate surface area is 102 Å². The molecule has 0 saturated carbocycles. The van der Waals surface area contributed by atoms with E-state index in [1.54, 1.807) is 0 Å². The molecule has 1 atom stereocenters. The van der Waals surface area contributed by atoms with Crippen molar-refractivity contribution in [2.24, 2.45) is 0 Å². The van der Waals surface area contributed by atoms with Crippen molar-refractivity contribution in [1.29, 1.82) is 0 Å². The summed E-state index contributed by atoms with van der Waals surface area (Å²) in [5.41, 5.74) is 3.30. The number of ether oxygens (including phenoxy) is 1. The molecule has 0 unspecified atom stereocenters. The molecule has 3 heteroatoms. The van der Waals surface area contributed by atoms with E-state index < -0.39 is 12.1 Å². The van der Waals surface area contributed by atoms with Gasteiger partial charge in [-0.3, -0.25) is 0 Å². The van der Waals surface area contributed by atoms with Gasteiger partial charge in [0.05, 0.1) is 6.10 Å². The summed E-state index contributed by atoms with van der Waals surface area (Å²) >= 11 is 0. The van der Waals surface area contributed by atoms with E-state index >= 15 is 0 Å². The molecule has 0 fully saturated rings. The van der Waals surface area contributed by atoms with Crippen LogP contribution in [-0.2, 0) is 16.0 Å². The highest BCUT2D eigenvalue weighted by Crippen LogP contribution is 2.17. The average molecular weight is 236 g/mol. The van der Waals surface area contributed by atoms with Crippen LogP contribution in [0.4, 0.5) is 0 Å². The number of carboxylic acids is 1. The maximum atomic E-state index is 11.1. The second-order valence-electron chi connectivity index (χ2n) is 4.59. The van der Waals surface area contributed by atoms with E-state index in [0.29, 0.717) is 6.42 Å². The van der Waals surface area contributed by atoms with Gasteiger partial charge in [0.1, 0.15) is 0 Å². The molecule has 1 aromatic rings. The maximum absolute atomic E-state index is 11.1. The lowest BCUT2D eigenvalue weighted by molar-refractivity contribution is -0.153. The molecule has 0 aliphatic rings.